The zero-order valence-electron chi connectivity index (χ0n) is 7.20. The number of aliphatic hydroxyl groups excluding tert-OH is 1. The van der Waals surface area contributed by atoms with Gasteiger partial charge in [-0.25, -0.2) is 0 Å². The lowest BCUT2D eigenvalue weighted by atomic mass is 10.1. The number of carbonyl (C=O) groups is 1. The Morgan fingerprint density at radius 1 is 1.25 bits per heavy atom. The van der Waals surface area contributed by atoms with E-state index in [0.29, 0.717) is 12.5 Å². The van der Waals surface area contributed by atoms with Gasteiger partial charge < -0.3 is 10.0 Å². The fraction of sp³-hybridized carbons (Fsp3) is 0.889. The zero-order chi connectivity index (χ0) is 8.55. The highest BCUT2D eigenvalue weighted by Gasteiger charge is 2.36. The number of hydrogen-bond acceptors (Lipinski definition) is 2. The molecule has 0 radical (unpaired) electrons. The van der Waals surface area contributed by atoms with E-state index in [0.717, 1.165) is 32.1 Å². The monoisotopic (exact) mass is 169 g/mol. The summed E-state index contributed by atoms with van der Waals surface area (Å²) in [5.41, 5.74) is 0. The van der Waals surface area contributed by atoms with Crippen LogP contribution in [-0.2, 0) is 4.79 Å². The van der Waals surface area contributed by atoms with E-state index >= 15 is 0 Å². The first-order valence-corrected chi connectivity index (χ1v) is 4.78. The number of rotatable bonds is 0. The van der Waals surface area contributed by atoms with Crippen LogP contribution in [0, 0.1) is 0 Å². The van der Waals surface area contributed by atoms with Gasteiger partial charge in [0.2, 0.25) is 5.91 Å². The second kappa shape index (κ2) is 3.05. The van der Waals surface area contributed by atoms with Crippen LogP contribution >= 0.6 is 0 Å². The van der Waals surface area contributed by atoms with Crippen LogP contribution in [0.25, 0.3) is 0 Å². The normalized spacial score (nSPS) is 36.4. The first kappa shape index (κ1) is 8.05. The molecule has 0 spiro atoms. The van der Waals surface area contributed by atoms with Gasteiger partial charge in [0.15, 0.2) is 0 Å². The summed E-state index contributed by atoms with van der Waals surface area (Å²) in [5, 5.41) is 9.63. The molecule has 1 N–H and O–H groups in total. The van der Waals surface area contributed by atoms with E-state index in [1.54, 1.807) is 4.90 Å². The predicted molar refractivity (Wildman–Crippen MR) is 44.3 cm³/mol. The Morgan fingerprint density at radius 2 is 2.00 bits per heavy atom. The van der Waals surface area contributed by atoms with Gasteiger partial charge in [-0.2, -0.15) is 0 Å². The quantitative estimate of drug-likeness (QED) is 0.584. The Morgan fingerprint density at radius 3 is 2.83 bits per heavy atom. The van der Waals surface area contributed by atoms with Gasteiger partial charge in [0.1, 0.15) is 6.23 Å². The maximum absolute atomic E-state index is 11.3. The fourth-order valence-electron chi connectivity index (χ4n) is 2.30. The van der Waals surface area contributed by atoms with Gasteiger partial charge in [-0.1, -0.05) is 6.42 Å². The molecule has 0 aromatic rings. The lowest BCUT2D eigenvalue weighted by Gasteiger charge is -2.26. The van der Waals surface area contributed by atoms with Gasteiger partial charge in [0.05, 0.1) is 0 Å². The van der Waals surface area contributed by atoms with Crippen LogP contribution in [-0.4, -0.2) is 28.2 Å². The lowest BCUT2D eigenvalue weighted by Crippen LogP contribution is -2.40. The molecule has 2 aliphatic heterocycles. The zero-order valence-corrected chi connectivity index (χ0v) is 7.20. The minimum absolute atomic E-state index is 0.148. The van der Waals surface area contributed by atoms with Crippen molar-refractivity contribution in [3.05, 3.63) is 0 Å². The number of nitrogens with zero attached hydrogens (tertiary/aromatic N) is 1. The average Bonchev–Trinajstić information content (AvgIpc) is 2.29. The lowest BCUT2D eigenvalue weighted by molar-refractivity contribution is -0.138. The molecule has 0 aromatic heterocycles. The molecule has 2 heterocycles. The molecule has 2 saturated heterocycles. The summed E-state index contributed by atoms with van der Waals surface area (Å²) in [6.45, 7) is 0. The number of hydrogen-bond donors (Lipinski definition) is 1. The van der Waals surface area contributed by atoms with Crippen LogP contribution in [0.3, 0.4) is 0 Å². The average molecular weight is 169 g/mol. The van der Waals surface area contributed by atoms with E-state index in [9.17, 15) is 9.90 Å². The topological polar surface area (TPSA) is 40.5 Å². The summed E-state index contributed by atoms with van der Waals surface area (Å²) in [4.78, 5) is 13.0. The van der Waals surface area contributed by atoms with Crippen molar-refractivity contribution in [3.8, 4) is 0 Å². The minimum atomic E-state index is -0.493. The van der Waals surface area contributed by atoms with Crippen molar-refractivity contribution in [2.75, 3.05) is 0 Å². The fourth-order valence-corrected chi connectivity index (χ4v) is 2.30. The summed E-state index contributed by atoms with van der Waals surface area (Å²) in [6, 6.07) is 0.343. The van der Waals surface area contributed by atoms with Crippen LogP contribution in [0.2, 0.25) is 0 Å². The summed E-state index contributed by atoms with van der Waals surface area (Å²) in [7, 11) is 0. The maximum atomic E-state index is 11.3. The molecular formula is C9H15NO2. The molecule has 2 rings (SSSR count). The molecule has 1 unspecified atom stereocenters. The molecule has 0 saturated carbocycles. The number of amides is 1. The first-order valence-electron chi connectivity index (χ1n) is 4.78. The molecule has 2 aliphatic rings. The van der Waals surface area contributed by atoms with Crippen LogP contribution in [0.4, 0.5) is 0 Å². The van der Waals surface area contributed by atoms with Gasteiger partial charge in [0, 0.05) is 12.5 Å². The van der Waals surface area contributed by atoms with Crippen molar-refractivity contribution < 1.29 is 9.90 Å². The van der Waals surface area contributed by atoms with E-state index in [2.05, 4.69) is 0 Å². The third kappa shape index (κ3) is 1.22. The van der Waals surface area contributed by atoms with Crippen molar-refractivity contribution in [3.63, 3.8) is 0 Å². The van der Waals surface area contributed by atoms with Crippen LogP contribution in [0.5, 0.6) is 0 Å². The summed E-state index contributed by atoms with van der Waals surface area (Å²) in [6.07, 6.45) is 5.17. The molecule has 3 heteroatoms. The summed E-state index contributed by atoms with van der Waals surface area (Å²) in [5.74, 6) is 0.148. The molecule has 12 heavy (non-hydrogen) atoms. The second-order valence-electron chi connectivity index (χ2n) is 3.76. The Labute approximate surface area is 72.4 Å². The predicted octanol–water partition coefficient (Wildman–Crippen LogP) is 0.870. The molecule has 0 bridgehead atoms. The molecule has 0 aromatic carbocycles. The summed E-state index contributed by atoms with van der Waals surface area (Å²) >= 11 is 0. The first-order chi connectivity index (χ1) is 5.79. The SMILES string of the molecule is O=C1CC[C@H]2CCCCC(O)N12. The Bertz CT molecular complexity index is 193. The maximum Gasteiger partial charge on any atom is 0.224 e. The van der Waals surface area contributed by atoms with Crippen LogP contribution in [0.1, 0.15) is 38.5 Å². The highest BCUT2D eigenvalue weighted by atomic mass is 16.3. The molecule has 68 valence electrons. The van der Waals surface area contributed by atoms with Crippen molar-refractivity contribution in [1.82, 2.24) is 4.90 Å². The molecule has 0 aliphatic carbocycles. The highest BCUT2D eigenvalue weighted by Crippen LogP contribution is 2.29. The van der Waals surface area contributed by atoms with E-state index in [1.165, 1.54) is 0 Å². The van der Waals surface area contributed by atoms with Crippen molar-refractivity contribution in [2.45, 2.75) is 50.8 Å². The van der Waals surface area contributed by atoms with Gasteiger partial charge >= 0.3 is 0 Å². The van der Waals surface area contributed by atoms with Crippen molar-refractivity contribution in [2.24, 2.45) is 0 Å². The smallest absolute Gasteiger partial charge is 0.224 e. The highest BCUT2D eigenvalue weighted by molar-refractivity contribution is 5.78. The van der Waals surface area contributed by atoms with Gasteiger partial charge in [-0.3, -0.25) is 4.79 Å². The third-order valence-corrected chi connectivity index (χ3v) is 2.94. The Hall–Kier alpha value is -0.570. The molecular weight excluding hydrogens is 154 g/mol. The van der Waals surface area contributed by atoms with E-state index < -0.39 is 6.23 Å². The third-order valence-electron chi connectivity index (χ3n) is 2.94. The van der Waals surface area contributed by atoms with E-state index in [4.69, 9.17) is 0 Å². The van der Waals surface area contributed by atoms with Gasteiger partial charge in [-0.05, 0) is 25.7 Å². The van der Waals surface area contributed by atoms with E-state index in [-0.39, 0.29) is 5.91 Å². The van der Waals surface area contributed by atoms with Gasteiger partial charge in [-0.15, -0.1) is 0 Å². The second-order valence-corrected chi connectivity index (χ2v) is 3.76. The van der Waals surface area contributed by atoms with Crippen molar-refractivity contribution >= 4 is 5.91 Å². The largest absolute Gasteiger partial charge is 0.374 e. The van der Waals surface area contributed by atoms with Crippen LogP contribution in [0.15, 0.2) is 0 Å². The van der Waals surface area contributed by atoms with Crippen LogP contribution < -0.4 is 0 Å². The molecule has 2 atom stereocenters. The van der Waals surface area contributed by atoms with E-state index in [1.807, 2.05) is 0 Å². The number of carbonyl (C=O) groups excluding carboxylic acids is 1. The molecule has 3 nitrogen and oxygen atoms in total. The molecule has 2 fully saturated rings. The standard InChI is InChI=1S/C9H15NO2/c11-8-4-2-1-3-7-5-6-9(12)10(7)8/h7-8,11H,1-6H2/t7-,8?/m1/s1. The Balaban J connectivity index is 2.14. The van der Waals surface area contributed by atoms with Gasteiger partial charge in [0.25, 0.3) is 0 Å². The number of fused-ring (bicyclic) bond motifs is 1. The van der Waals surface area contributed by atoms with Crippen molar-refractivity contribution in [1.29, 1.82) is 0 Å². The summed E-state index contributed by atoms with van der Waals surface area (Å²) < 4.78 is 0. The number of aliphatic hydroxyl groups is 1. The Kier molecular flexibility index (Phi) is 2.05. The minimum Gasteiger partial charge on any atom is -0.374 e. The molecule has 1 amide bonds.